The van der Waals surface area contributed by atoms with Gasteiger partial charge >= 0.3 is 6.18 Å². The number of hydrogen-bond acceptors (Lipinski definition) is 3. The quantitative estimate of drug-likeness (QED) is 0.439. The van der Waals surface area contributed by atoms with Crippen LogP contribution in [-0.4, -0.2) is 29.3 Å². The molecular formula is C11H17F3N4. The Kier molecular flexibility index (Phi) is 6.77. The SMILES string of the molecule is C/C=C/C(=N\N(/C=C/C)CCC(F)(F)F)C(=N)N. The molecule has 0 rings (SSSR count). The highest BCUT2D eigenvalue weighted by molar-refractivity contribution is 6.43. The first-order valence-corrected chi connectivity index (χ1v) is 5.32. The first kappa shape index (κ1) is 16.2. The lowest BCUT2D eigenvalue weighted by molar-refractivity contribution is -0.136. The predicted octanol–water partition coefficient (Wildman–Crippen LogP) is 2.64. The number of hydrazone groups is 1. The number of allylic oxidation sites excluding steroid dienone is 2. The molecule has 102 valence electrons. The van der Waals surface area contributed by atoms with Crippen molar-refractivity contribution < 1.29 is 13.2 Å². The minimum atomic E-state index is -4.24. The molecule has 0 aliphatic heterocycles. The van der Waals surface area contributed by atoms with Crippen molar-refractivity contribution in [2.24, 2.45) is 10.8 Å². The highest BCUT2D eigenvalue weighted by atomic mass is 19.4. The number of nitrogens with one attached hydrogen (secondary N) is 1. The van der Waals surface area contributed by atoms with Crippen LogP contribution in [0.3, 0.4) is 0 Å². The van der Waals surface area contributed by atoms with Crippen LogP contribution in [0, 0.1) is 5.41 Å². The third kappa shape index (κ3) is 7.48. The second kappa shape index (κ2) is 7.52. The van der Waals surface area contributed by atoms with E-state index in [1.54, 1.807) is 26.0 Å². The topological polar surface area (TPSA) is 65.5 Å². The van der Waals surface area contributed by atoms with Gasteiger partial charge in [-0.2, -0.15) is 18.3 Å². The van der Waals surface area contributed by atoms with Crippen LogP contribution in [0.25, 0.3) is 0 Å². The Morgan fingerprint density at radius 2 is 1.94 bits per heavy atom. The maximum Gasteiger partial charge on any atom is 0.390 e. The van der Waals surface area contributed by atoms with Gasteiger partial charge in [-0.25, -0.2) is 0 Å². The molecule has 0 aliphatic rings. The van der Waals surface area contributed by atoms with Gasteiger partial charge in [0.05, 0.1) is 6.42 Å². The van der Waals surface area contributed by atoms with Crippen molar-refractivity contribution in [1.29, 1.82) is 5.41 Å². The smallest absolute Gasteiger partial charge is 0.382 e. The van der Waals surface area contributed by atoms with Crippen LogP contribution in [0.4, 0.5) is 13.2 Å². The Morgan fingerprint density at radius 3 is 2.33 bits per heavy atom. The van der Waals surface area contributed by atoms with Crippen molar-refractivity contribution in [1.82, 2.24) is 5.01 Å². The number of nitrogens with two attached hydrogens (primary N) is 1. The summed E-state index contributed by atoms with van der Waals surface area (Å²) in [5, 5.41) is 12.3. The molecule has 0 heterocycles. The zero-order chi connectivity index (χ0) is 14.2. The average molecular weight is 262 g/mol. The zero-order valence-electron chi connectivity index (χ0n) is 10.3. The van der Waals surface area contributed by atoms with Gasteiger partial charge in [-0.15, -0.1) is 0 Å². The van der Waals surface area contributed by atoms with E-state index in [2.05, 4.69) is 5.10 Å². The van der Waals surface area contributed by atoms with Crippen LogP contribution >= 0.6 is 0 Å². The fourth-order valence-corrected chi connectivity index (χ4v) is 1.04. The Balaban J connectivity index is 4.88. The van der Waals surface area contributed by atoms with Gasteiger partial charge in [-0.1, -0.05) is 12.2 Å². The third-order valence-electron chi connectivity index (χ3n) is 1.78. The van der Waals surface area contributed by atoms with Gasteiger partial charge in [0.2, 0.25) is 0 Å². The fraction of sp³-hybridized carbons (Fsp3) is 0.455. The monoisotopic (exact) mass is 262 g/mol. The summed E-state index contributed by atoms with van der Waals surface area (Å²) in [7, 11) is 0. The van der Waals surface area contributed by atoms with E-state index < -0.39 is 12.6 Å². The van der Waals surface area contributed by atoms with Gasteiger partial charge in [0.1, 0.15) is 11.5 Å². The number of hydrogen-bond donors (Lipinski definition) is 2. The highest BCUT2D eigenvalue weighted by Gasteiger charge is 2.27. The third-order valence-corrected chi connectivity index (χ3v) is 1.78. The second-order valence-electron chi connectivity index (χ2n) is 3.41. The van der Waals surface area contributed by atoms with Crippen LogP contribution < -0.4 is 5.73 Å². The van der Waals surface area contributed by atoms with Crippen LogP contribution in [0.2, 0.25) is 0 Å². The number of amidine groups is 1. The summed E-state index contributed by atoms with van der Waals surface area (Å²) < 4.78 is 36.4. The lowest BCUT2D eigenvalue weighted by atomic mass is 10.3. The maximum absolute atomic E-state index is 12.1. The maximum atomic E-state index is 12.1. The standard InChI is InChI=1S/C11H17F3N4/c1-3-5-9(10(15)16)17-18(7-4-2)8-6-11(12,13)14/h3-5,7H,6,8H2,1-2H3,(H3,15,16)/b5-3+,7-4+,17-9+. The van der Waals surface area contributed by atoms with Crippen LogP contribution in [-0.2, 0) is 0 Å². The molecule has 0 aromatic carbocycles. The molecule has 0 unspecified atom stereocenters. The van der Waals surface area contributed by atoms with Gasteiger partial charge in [0, 0.05) is 12.7 Å². The van der Waals surface area contributed by atoms with Gasteiger partial charge < -0.3 is 5.73 Å². The van der Waals surface area contributed by atoms with Gasteiger partial charge in [-0.3, -0.25) is 10.4 Å². The molecule has 7 heteroatoms. The highest BCUT2D eigenvalue weighted by Crippen LogP contribution is 2.19. The Morgan fingerprint density at radius 1 is 1.33 bits per heavy atom. The second-order valence-corrected chi connectivity index (χ2v) is 3.41. The Bertz CT molecular complexity index is 356. The molecule has 0 fully saturated rings. The van der Waals surface area contributed by atoms with Gasteiger partial charge in [0.15, 0.2) is 0 Å². The van der Waals surface area contributed by atoms with E-state index in [4.69, 9.17) is 11.1 Å². The van der Waals surface area contributed by atoms with Crippen molar-refractivity contribution in [3.8, 4) is 0 Å². The van der Waals surface area contributed by atoms with E-state index in [1.807, 2.05) is 0 Å². The zero-order valence-corrected chi connectivity index (χ0v) is 10.3. The van der Waals surface area contributed by atoms with Gasteiger partial charge in [0.25, 0.3) is 0 Å². The first-order chi connectivity index (χ1) is 8.30. The van der Waals surface area contributed by atoms with Crippen molar-refractivity contribution in [3.05, 3.63) is 24.4 Å². The minimum Gasteiger partial charge on any atom is -0.382 e. The largest absolute Gasteiger partial charge is 0.390 e. The molecule has 18 heavy (non-hydrogen) atoms. The van der Waals surface area contributed by atoms with E-state index in [1.165, 1.54) is 12.3 Å². The summed E-state index contributed by atoms with van der Waals surface area (Å²) in [6.45, 7) is 3.05. The van der Waals surface area contributed by atoms with Crippen LogP contribution in [0.15, 0.2) is 29.5 Å². The molecule has 0 saturated heterocycles. The van der Waals surface area contributed by atoms with Crippen molar-refractivity contribution in [2.75, 3.05) is 6.54 Å². The molecule has 0 bridgehead atoms. The van der Waals surface area contributed by atoms with Crippen molar-refractivity contribution in [3.63, 3.8) is 0 Å². The molecule has 0 radical (unpaired) electrons. The lowest BCUT2D eigenvalue weighted by Gasteiger charge is -2.16. The Hall–Kier alpha value is -1.79. The summed E-state index contributed by atoms with van der Waals surface area (Å²) >= 11 is 0. The molecule has 0 saturated carbocycles. The summed E-state index contributed by atoms with van der Waals surface area (Å²) in [5.41, 5.74) is 5.40. The minimum absolute atomic E-state index is 0.123. The van der Waals surface area contributed by atoms with Crippen LogP contribution in [0.5, 0.6) is 0 Å². The van der Waals surface area contributed by atoms with E-state index in [0.29, 0.717) is 0 Å². The summed E-state index contributed by atoms with van der Waals surface area (Å²) in [6.07, 6.45) is 0.809. The Labute approximate surface area is 104 Å². The van der Waals surface area contributed by atoms with Crippen molar-refractivity contribution in [2.45, 2.75) is 26.4 Å². The fourth-order valence-electron chi connectivity index (χ4n) is 1.04. The summed E-state index contributed by atoms with van der Waals surface area (Å²) in [5.74, 6) is -0.297. The number of halogens is 3. The average Bonchev–Trinajstić information content (AvgIpc) is 2.24. The lowest BCUT2D eigenvalue weighted by Crippen LogP contribution is -2.26. The number of rotatable bonds is 6. The molecule has 0 aliphatic carbocycles. The molecular weight excluding hydrogens is 245 g/mol. The molecule has 0 amide bonds. The summed E-state index contributed by atoms with van der Waals surface area (Å²) in [4.78, 5) is 0. The van der Waals surface area contributed by atoms with E-state index >= 15 is 0 Å². The molecule has 4 nitrogen and oxygen atoms in total. The molecule has 0 aromatic heterocycles. The molecule has 0 atom stereocenters. The number of nitrogens with zero attached hydrogens (tertiary/aromatic N) is 2. The molecule has 0 aromatic rings. The van der Waals surface area contributed by atoms with E-state index in [9.17, 15) is 13.2 Å². The van der Waals surface area contributed by atoms with E-state index in [-0.39, 0.29) is 18.1 Å². The summed E-state index contributed by atoms with van der Waals surface area (Å²) in [6, 6.07) is 0. The normalized spacial score (nSPS) is 13.5. The van der Waals surface area contributed by atoms with Crippen molar-refractivity contribution >= 4 is 11.5 Å². The molecule has 0 spiro atoms. The van der Waals surface area contributed by atoms with Crippen LogP contribution in [0.1, 0.15) is 20.3 Å². The molecule has 3 N–H and O–H groups in total. The number of alkyl halides is 3. The first-order valence-electron chi connectivity index (χ1n) is 5.32. The predicted molar refractivity (Wildman–Crippen MR) is 66.4 cm³/mol. The van der Waals surface area contributed by atoms with E-state index in [0.717, 1.165) is 5.01 Å². The van der Waals surface area contributed by atoms with Gasteiger partial charge in [-0.05, 0) is 19.9 Å².